The average molecular weight is 272 g/mol. The van der Waals surface area contributed by atoms with Crippen LogP contribution in [0.15, 0.2) is 30.3 Å². The van der Waals surface area contributed by atoms with E-state index in [9.17, 15) is 4.79 Å². The molecule has 1 amide bonds. The standard InChI is InChI=1S/C15H16N2OS/c1-10-5-6-14(19-10)15(18)17-8-7-11-3-2-4-13(16)12(11)9-17/h2-6H,7-9,16H2,1H3. The van der Waals surface area contributed by atoms with Gasteiger partial charge in [-0.1, -0.05) is 12.1 Å². The highest BCUT2D eigenvalue weighted by atomic mass is 32.1. The van der Waals surface area contributed by atoms with Crippen LogP contribution in [-0.4, -0.2) is 17.4 Å². The summed E-state index contributed by atoms with van der Waals surface area (Å²) in [7, 11) is 0. The van der Waals surface area contributed by atoms with Gasteiger partial charge in [-0.25, -0.2) is 0 Å². The molecule has 0 saturated heterocycles. The summed E-state index contributed by atoms with van der Waals surface area (Å²) in [6.07, 6.45) is 0.885. The highest BCUT2D eigenvalue weighted by Gasteiger charge is 2.23. The highest BCUT2D eigenvalue weighted by molar-refractivity contribution is 7.13. The normalized spacial score (nSPS) is 14.3. The zero-order valence-electron chi connectivity index (χ0n) is 10.8. The van der Waals surface area contributed by atoms with Crippen molar-refractivity contribution in [1.29, 1.82) is 0 Å². The van der Waals surface area contributed by atoms with E-state index in [-0.39, 0.29) is 5.91 Å². The van der Waals surface area contributed by atoms with Crippen molar-refractivity contribution in [3.8, 4) is 0 Å². The molecule has 19 heavy (non-hydrogen) atoms. The topological polar surface area (TPSA) is 46.3 Å². The summed E-state index contributed by atoms with van der Waals surface area (Å²) in [5.41, 5.74) is 9.18. The Hall–Kier alpha value is -1.81. The van der Waals surface area contributed by atoms with Crippen molar-refractivity contribution in [2.75, 3.05) is 12.3 Å². The zero-order valence-corrected chi connectivity index (χ0v) is 11.7. The van der Waals surface area contributed by atoms with E-state index in [1.807, 2.05) is 36.1 Å². The van der Waals surface area contributed by atoms with Gasteiger partial charge in [0.05, 0.1) is 4.88 Å². The van der Waals surface area contributed by atoms with Gasteiger partial charge in [-0.05, 0) is 42.7 Å². The molecule has 1 aromatic heterocycles. The Morgan fingerprint density at radius 1 is 1.32 bits per heavy atom. The molecule has 0 atom stereocenters. The number of rotatable bonds is 1. The van der Waals surface area contributed by atoms with Crippen LogP contribution in [0.3, 0.4) is 0 Å². The predicted molar refractivity (Wildman–Crippen MR) is 78.4 cm³/mol. The van der Waals surface area contributed by atoms with Gasteiger partial charge in [-0.2, -0.15) is 0 Å². The number of anilines is 1. The molecular weight excluding hydrogens is 256 g/mol. The first-order valence-electron chi connectivity index (χ1n) is 6.37. The molecule has 4 heteroatoms. The number of aryl methyl sites for hydroxylation is 1. The molecule has 0 aliphatic carbocycles. The first kappa shape index (κ1) is 12.2. The average Bonchev–Trinajstić information content (AvgIpc) is 2.85. The van der Waals surface area contributed by atoms with Crippen molar-refractivity contribution >= 4 is 22.9 Å². The SMILES string of the molecule is Cc1ccc(C(=O)N2CCc3cccc(N)c3C2)s1. The molecule has 0 fully saturated rings. The quantitative estimate of drug-likeness (QED) is 0.811. The second-order valence-corrected chi connectivity index (χ2v) is 6.16. The van der Waals surface area contributed by atoms with E-state index in [2.05, 4.69) is 6.07 Å². The molecular formula is C15H16N2OS. The van der Waals surface area contributed by atoms with Crippen LogP contribution in [0.5, 0.6) is 0 Å². The van der Waals surface area contributed by atoms with Gasteiger partial charge in [0.15, 0.2) is 0 Å². The fraction of sp³-hybridized carbons (Fsp3) is 0.267. The summed E-state index contributed by atoms with van der Waals surface area (Å²) in [6, 6.07) is 9.88. The smallest absolute Gasteiger partial charge is 0.264 e. The van der Waals surface area contributed by atoms with Gasteiger partial charge >= 0.3 is 0 Å². The van der Waals surface area contributed by atoms with Crippen LogP contribution in [0.1, 0.15) is 25.7 Å². The molecule has 0 bridgehead atoms. The summed E-state index contributed by atoms with van der Waals surface area (Å²) in [5, 5.41) is 0. The lowest BCUT2D eigenvalue weighted by atomic mass is 9.98. The van der Waals surface area contributed by atoms with Crippen molar-refractivity contribution in [1.82, 2.24) is 4.90 Å². The third-order valence-electron chi connectivity index (χ3n) is 3.55. The first-order valence-corrected chi connectivity index (χ1v) is 7.19. The number of thiophene rings is 1. The van der Waals surface area contributed by atoms with Crippen LogP contribution in [0, 0.1) is 6.92 Å². The zero-order chi connectivity index (χ0) is 13.4. The molecule has 1 aliphatic heterocycles. The second kappa shape index (κ2) is 4.70. The van der Waals surface area contributed by atoms with E-state index in [4.69, 9.17) is 5.73 Å². The largest absolute Gasteiger partial charge is 0.398 e. The molecule has 2 heterocycles. The number of hydrogen-bond donors (Lipinski definition) is 1. The van der Waals surface area contributed by atoms with Gasteiger partial charge in [-0.3, -0.25) is 4.79 Å². The minimum Gasteiger partial charge on any atom is -0.398 e. The molecule has 0 radical (unpaired) electrons. The van der Waals surface area contributed by atoms with Gasteiger partial charge in [0.1, 0.15) is 0 Å². The summed E-state index contributed by atoms with van der Waals surface area (Å²) in [5.74, 6) is 0.118. The Balaban J connectivity index is 1.86. The molecule has 1 aliphatic rings. The summed E-state index contributed by atoms with van der Waals surface area (Å²) < 4.78 is 0. The van der Waals surface area contributed by atoms with Crippen LogP contribution in [0.25, 0.3) is 0 Å². The minimum atomic E-state index is 0.118. The Kier molecular flexibility index (Phi) is 3.03. The Bertz CT molecular complexity index is 633. The van der Waals surface area contributed by atoms with E-state index in [0.29, 0.717) is 6.54 Å². The number of nitrogens with zero attached hydrogens (tertiary/aromatic N) is 1. The Labute approximate surface area is 116 Å². The predicted octanol–water partition coefficient (Wildman–Crippen LogP) is 2.84. The van der Waals surface area contributed by atoms with Crippen molar-refractivity contribution < 1.29 is 4.79 Å². The van der Waals surface area contributed by atoms with E-state index < -0.39 is 0 Å². The Morgan fingerprint density at radius 3 is 2.89 bits per heavy atom. The van der Waals surface area contributed by atoms with E-state index >= 15 is 0 Å². The molecule has 0 unspecified atom stereocenters. The molecule has 0 spiro atoms. The van der Waals surface area contributed by atoms with Crippen molar-refractivity contribution in [3.63, 3.8) is 0 Å². The minimum absolute atomic E-state index is 0.118. The molecule has 98 valence electrons. The monoisotopic (exact) mass is 272 g/mol. The molecule has 2 aromatic rings. The number of nitrogens with two attached hydrogens (primary N) is 1. The highest BCUT2D eigenvalue weighted by Crippen LogP contribution is 2.26. The third kappa shape index (κ3) is 2.24. The van der Waals surface area contributed by atoms with Crippen molar-refractivity contribution in [2.24, 2.45) is 0 Å². The van der Waals surface area contributed by atoms with Gasteiger partial charge < -0.3 is 10.6 Å². The maximum absolute atomic E-state index is 12.4. The maximum Gasteiger partial charge on any atom is 0.264 e. The summed E-state index contributed by atoms with van der Waals surface area (Å²) in [4.78, 5) is 16.3. The number of benzene rings is 1. The van der Waals surface area contributed by atoms with Gasteiger partial charge in [0.25, 0.3) is 5.91 Å². The van der Waals surface area contributed by atoms with Crippen LogP contribution in [0.2, 0.25) is 0 Å². The summed E-state index contributed by atoms with van der Waals surface area (Å²) >= 11 is 1.55. The van der Waals surface area contributed by atoms with E-state index in [1.54, 1.807) is 11.3 Å². The number of hydrogen-bond acceptors (Lipinski definition) is 3. The van der Waals surface area contributed by atoms with Crippen molar-refractivity contribution in [2.45, 2.75) is 19.9 Å². The number of carbonyl (C=O) groups is 1. The fourth-order valence-electron chi connectivity index (χ4n) is 2.49. The van der Waals surface area contributed by atoms with E-state index in [1.165, 1.54) is 10.4 Å². The van der Waals surface area contributed by atoms with Crippen LogP contribution >= 0.6 is 11.3 Å². The Morgan fingerprint density at radius 2 is 2.16 bits per heavy atom. The molecule has 1 aromatic carbocycles. The molecule has 3 nitrogen and oxygen atoms in total. The van der Waals surface area contributed by atoms with Gasteiger partial charge in [0.2, 0.25) is 0 Å². The van der Waals surface area contributed by atoms with Gasteiger partial charge in [-0.15, -0.1) is 11.3 Å². The lowest BCUT2D eigenvalue weighted by molar-refractivity contribution is 0.0740. The number of carbonyl (C=O) groups excluding carboxylic acids is 1. The number of nitrogen functional groups attached to an aromatic ring is 1. The second-order valence-electron chi connectivity index (χ2n) is 4.87. The fourth-order valence-corrected chi connectivity index (χ4v) is 3.32. The van der Waals surface area contributed by atoms with Crippen LogP contribution in [0.4, 0.5) is 5.69 Å². The molecule has 0 saturated carbocycles. The number of fused-ring (bicyclic) bond motifs is 1. The summed E-state index contributed by atoms with van der Waals surface area (Å²) in [6.45, 7) is 3.41. The number of amides is 1. The van der Waals surface area contributed by atoms with Crippen LogP contribution in [-0.2, 0) is 13.0 Å². The third-order valence-corrected chi connectivity index (χ3v) is 4.54. The molecule has 3 rings (SSSR count). The maximum atomic E-state index is 12.4. The van der Waals surface area contributed by atoms with Crippen molar-refractivity contribution in [3.05, 3.63) is 51.2 Å². The van der Waals surface area contributed by atoms with Gasteiger partial charge in [0, 0.05) is 23.7 Å². The lowest BCUT2D eigenvalue weighted by Crippen LogP contribution is -2.35. The first-order chi connectivity index (χ1) is 9.15. The lowest BCUT2D eigenvalue weighted by Gasteiger charge is -2.29. The van der Waals surface area contributed by atoms with Crippen LogP contribution < -0.4 is 5.73 Å². The van der Waals surface area contributed by atoms with E-state index in [0.717, 1.165) is 29.1 Å². The molecule has 2 N–H and O–H groups in total.